The molecule has 2 N–H and O–H groups in total. The molecule has 0 spiro atoms. The van der Waals surface area contributed by atoms with Crippen LogP contribution in [0.3, 0.4) is 0 Å². The molecule has 6 heteroatoms. The van der Waals surface area contributed by atoms with Gasteiger partial charge < -0.3 is 9.47 Å². The van der Waals surface area contributed by atoms with E-state index in [2.05, 4.69) is 0 Å². The number of primary sulfonamides is 1. The zero-order chi connectivity index (χ0) is 14.4. The van der Waals surface area contributed by atoms with Crippen molar-refractivity contribution in [2.75, 3.05) is 25.6 Å². The summed E-state index contributed by atoms with van der Waals surface area (Å²) >= 11 is 0. The molecule has 0 bridgehead atoms. The Morgan fingerprint density at radius 1 is 0.950 bits per heavy atom. The molecule has 108 valence electrons. The van der Waals surface area contributed by atoms with Gasteiger partial charge in [0.25, 0.3) is 0 Å². The molecule has 2 aromatic carbocycles. The number of hydrogen-bond donors (Lipinski definition) is 1. The van der Waals surface area contributed by atoms with E-state index >= 15 is 0 Å². The number of benzene rings is 2. The van der Waals surface area contributed by atoms with E-state index in [9.17, 15) is 8.42 Å². The highest BCUT2D eigenvalue weighted by atomic mass is 32.2. The van der Waals surface area contributed by atoms with Crippen LogP contribution in [0, 0.1) is 0 Å². The van der Waals surface area contributed by atoms with Crippen LogP contribution < -0.4 is 9.88 Å². The molecule has 2 rings (SSSR count). The van der Waals surface area contributed by atoms with E-state index in [1.54, 1.807) is 0 Å². The molecule has 0 amide bonds. The molecular formula is C14H17NO4S. The maximum Gasteiger partial charge on any atom is 0.211 e. The average Bonchev–Trinajstić information content (AvgIpc) is 2.41. The summed E-state index contributed by atoms with van der Waals surface area (Å²) in [4.78, 5) is 0. The molecule has 0 aliphatic carbocycles. The van der Waals surface area contributed by atoms with Crippen LogP contribution in [-0.4, -0.2) is 34.0 Å². The molecule has 0 radical (unpaired) electrons. The van der Waals surface area contributed by atoms with Crippen molar-refractivity contribution in [2.24, 2.45) is 5.14 Å². The number of hydrogen-bond acceptors (Lipinski definition) is 4. The van der Waals surface area contributed by atoms with Crippen LogP contribution in [0.1, 0.15) is 0 Å². The summed E-state index contributed by atoms with van der Waals surface area (Å²) in [5.41, 5.74) is 0. The highest BCUT2D eigenvalue weighted by molar-refractivity contribution is 7.89. The largest absolute Gasteiger partial charge is 0.491 e. The monoisotopic (exact) mass is 295 g/mol. The van der Waals surface area contributed by atoms with Gasteiger partial charge in [0, 0.05) is 5.39 Å². The lowest BCUT2D eigenvalue weighted by Gasteiger charge is -2.09. The van der Waals surface area contributed by atoms with Gasteiger partial charge in [-0.15, -0.1) is 0 Å². The highest BCUT2D eigenvalue weighted by Gasteiger charge is 2.03. The Balaban J connectivity index is 1.82. The molecule has 0 fully saturated rings. The number of rotatable bonds is 7. The minimum atomic E-state index is -3.46. The topological polar surface area (TPSA) is 78.6 Å². The van der Waals surface area contributed by atoms with E-state index in [0.29, 0.717) is 13.2 Å². The second kappa shape index (κ2) is 6.69. The van der Waals surface area contributed by atoms with Crippen LogP contribution in [0.2, 0.25) is 0 Å². The number of sulfonamides is 1. The Kier molecular flexibility index (Phi) is 4.94. The SMILES string of the molecule is NS(=O)(=O)CCOCCOc1cccc2ccccc12. The van der Waals surface area contributed by atoms with E-state index in [0.717, 1.165) is 16.5 Å². The van der Waals surface area contributed by atoms with E-state index in [1.807, 2.05) is 42.5 Å². The smallest absolute Gasteiger partial charge is 0.211 e. The van der Waals surface area contributed by atoms with Crippen molar-refractivity contribution in [3.05, 3.63) is 42.5 Å². The molecule has 20 heavy (non-hydrogen) atoms. The van der Waals surface area contributed by atoms with Crippen LogP contribution >= 0.6 is 0 Å². The maximum absolute atomic E-state index is 10.7. The van der Waals surface area contributed by atoms with Crippen LogP contribution in [-0.2, 0) is 14.8 Å². The highest BCUT2D eigenvalue weighted by Crippen LogP contribution is 2.24. The standard InChI is InChI=1S/C14H17NO4S/c15-20(16,17)11-10-18-8-9-19-14-7-3-5-12-4-1-2-6-13(12)14/h1-7H,8-11H2,(H2,15,16,17). The van der Waals surface area contributed by atoms with Gasteiger partial charge in [0.2, 0.25) is 10.0 Å². The number of nitrogens with two attached hydrogens (primary N) is 1. The quantitative estimate of drug-likeness (QED) is 0.786. The van der Waals surface area contributed by atoms with Crippen molar-refractivity contribution in [3.63, 3.8) is 0 Å². The fourth-order valence-electron chi connectivity index (χ4n) is 1.81. The summed E-state index contributed by atoms with van der Waals surface area (Å²) in [6.45, 7) is 0.759. The summed E-state index contributed by atoms with van der Waals surface area (Å²) in [5.74, 6) is 0.611. The minimum Gasteiger partial charge on any atom is -0.491 e. The number of ether oxygens (including phenoxy) is 2. The molecule has 0 saturated heterocycles. The van der Waals surface area contributed by atoms with Crippen molar-refractivity contribution in [1.29, 1.82) is 0 Å². The summed E-state index contributed by atoms with van der Waals surface area (Å²) in [7, 11) is -3.46. The molecule has 0 heterocycles. The van der Waals surface area contributed by atoms with Crippen LogP contribution in [0.5, 0.6) is 5.75 Å². The second-order valence-corrected chi connectivity index (χ2v) is 6.04. The first-order chi connectivity index (χ1) is 9.56. The Hall–Kier alpha value is -1.63. The Morgan fingerprint density at radius 2 is 1.70 bits per heavy atom. The Labute approximate surface area is 118 Å². The zero-order valence-corrected chi connectivity index (χ0v) is 11.8. The molecule has 0 aliphatic rings. The molecule has 5 nitrogen and oxygen atoms in total. The van der Waals surface area contributed by atoms with Gasteiger partial charge >= 0.3 is 0 Å². The van der Waals surface area contributed by atoms with Crippen molar-refractivity contribution in [3.8, 4) is 5.75 Å². The van der Waals surface area contributed by atoms with Gasteiger partial charge in [-0.3, -0.25) is 0 Å². The fourth-order valence-corrected chi connectivity index (χ4v) is 2.16. The van der Waals surface area contributed by atoms with E-state index < -0.39 is 10.0 Å². The molecule has 0 aliphatic heterocycles. The maximum atomic E-state index is 10.7. The molecule has 0 aromatic heterocycles. The Morgan fingerprint density at radius 3 is 2.50 bits per heavy atom. The van der Waals surface area contributed by atoms with E-state index in [-0.39, 0.29) is 12.4 Å². The summed E-state index contributed by atoms with van der Waals surface area (Å²) < 4.78 is 32.2. The van der Waals surface area contributed by atoms with Crippen molar-refractivity contribution in [2.45, 2.75) is 0 Å². The lowest BCUT2D eigenvalue weighted by molar-refractivity contribution is 0.112. The second-order valence-electron chi connectivity index (χ2n) is 4.31. The third-order valence-corrected chi connectivity index (χ3v) is 3.48. The van der Waals surface area contributed by atoms with Gasteiger partial charge in [0.1, 0.15) is 12.4 Å². The molecule has 0 saturated carbocycles. The van der Waals surface area contributed by atoms with Gasteiger partial charge in [-0.2, -0.15) is 0 Å². The summed E-state index contributed by atoms with van der Waals surface area (Å²) in [6.07, 6.45) is 0. The minimum absolute atomic E-state index is 0.0811. The first kappa shape index (κ1) is 14.8. The van der Waals surface area contributed by atoms with Crippen molar-refractivity contribution >= 4 is 20.8 Å². The lowest BCUT2D eigenvalue weighted by atomic mass is 10.1. The van der Waals surface area contributed by atoms with Crippen LogP contribution in [0.4, 0.5) is 0 Å². The van der Waals surface area contributed by atoms with Gasteiger partial charge in [-0.25, -0.2) is 13.6 Å². The van der Waals surface area contributed by atoms with Gasteiger partial charge in [0.05, 0.1) is 19.0 Å². The van der Waals surface area contributed by atoms with Crippen molar-refractivity contribution in [1.82, 2.24) is 0 Å². The van der Waals surface area contributed by atoms with Gasteiger partial charge in [-0.1, -0.05) is 36.4 Å². The molecule has 2 aromatic rings. The fraction of sp³-hybridized carbons (Fsp3) is 0.286. The first-order valence-corrected chi connectivity index (χ1v) is 7.96. The van der Waals surface area contributed by atoms with Gasteiger partial charge in [-0.05, 0) is 11.5 Å². The average molecular weight is 295 g/mol. The molecular weight excluding hydrogens is 278 g/mol. The lowest BCUT2D eigenvalue weighted by Crippen LogP contribution is -2.21. The number of fused-ring (bicyclic) bond motifs is 1. The summed E-state index contributed by atoms with van der Waals surface area (Å²) in [6, 6.07) is 13.8. The first-order valence-electron chi connectivity index (χ1n) is 6.25. The van der Waals surface area contributed by atoms with Gasteiger partial charge in [0.15, 0.2) is 0 Å². The molecule has 0 atom stereocenters. The normalized spacial score (nSPS) is 11.7. The zero-order valence-electron chi connectivity index (χ0n) is 11.0. The van der Waals surface area contributed by atoms with E-state index in [4.69, 9.17) is 14.6 Å². The predicted molar refractivity (Wildman–Crippen MR) is 78.2 cm³/mol. The van der Waals surface area contributed by atoms with Crippen LogP contribution in [0.15, 0.2) is 42.5 Å². The summed E-state index contributed by atoms with van der Waals surface area (Å²) in [5, 5.41) is 7.02. The predicted octanol–water partition coefficient (Wildman–Crippen LogP) is 1.52. The third kappa shape index (κ3) is 4.48. The van der Waals surface area contributed by atoms with Crippen molar-refractivity contribution < 1.29 is 17.9 Å². The van der Waals surface area contributed by atoms with E-state index in [1.165, 1.54) is 0 Å². The Bertz CT molecular complexity index is 664. The molecule has 0 unspecified atom stereocenters. The third-order valence-electron chi connectivity index (χ3n) is 2.75. The van der Waals surface area contributed by atoms with Crippen LogP contribution in [0.25, 0.3) is 10.8 Å².